The van der Waals surface area contributed by atoms with Crippen LogP contribution in [0, 0.1) is 5.82 Å². The third-order valence-corrected chi connectivity index (χ3v) is 8.96. The summed E-state index contributed by atoms with van der Waals surface area (Å²) in [4.78, 5) is 0. The van der Waals surface area contributed by atoms with Gasteiger partial charge >= 0.3 is 0 Å². The van der Waals surface area contributed by atoms with E-state index in [2.05, 4.69) is 70.6 Å². The molecular weight excluding hydrogens is 335 g/mol. The van der Waals surface area contributed by atoms with Crippen molar-refractivity contribution in [1.82, 2.24) is 0 Å². The van der Waals surface area contributed by atoms with Crippen LogP contribution < -0.4 is 4.43 Å². The molecule has 0 saturated carbocycles. The monoisotopic (exact) mass is 360 g/mol. The molecule has 0 amide bonds. The van der Waals surface area contributed by atoms with Gasteiger partial charge in [-0.1, -0.05) is 47.6 Å². The largest absolute Gasteiger partial charge is 0.541 e. The average Bonchev–Trinajstić information content (AvgIpc) is 2.21. The lowest BCUT2D eigenvalue weighted by atomic mass is 9.86. The van der Waals surface area contributed by atoms with Gasteiger partial charge in [0.1, 0.15) is 5.75 Å². The maximum absolute atomic E-state index is 14.6. The predicted octanol–water partition coefficient (Wildman–Crippen LogP) is 6.27. The highest BCUT2D eigenvalue weighted by atomic mass is 79.9. The lowest BCUT2D eigenvalue weighted by molar-refractivity contribution is 0.434. The highest BCUT2D eigenvalue weighted by molar-refractivity contribution is 9.10. The average molecular weight is 361 g/mol. The van der Waals surface area contributed by atoms with Crippen LogP contribution in [0.1, 0.15) is 47.1 Å². The molecule has 1 aromatic rings. The molecule has 0 N–H and O–H groups in total. The van der Waals surface area contributed by atoms with Crippen molar-refractivity contribution in [2.75, 3.05) is 0 Å². The summed E-state index contributed by atoms with van der Waals surface area (Å²) < 4.78 is 21.3. The zero-order valence-electron chi connectivity index (χ0n) is 13.8. The molecule has 114 valence electrons. The van der Waals surface area contributed by atoms with Crippen molar-refractivity contribution in [2.24, 2.45) is 0 Å². The zero-order chi connectivity index (χ0) is 15.9. The van der Waals surface area contributed by atoms with Crippen LogP contribution in [0.3, 0.4) is 0 Å². The second-order valence-electron chi connectivity index (χ2n) is 7.85. The Hall–Kier alpha value is -0.353. The molecule has 1 nitrogen and oxygen atoms in total. The fourth-order valence-electron chi connectivity index (χ4n) is 1.63. The maximum Gasteiger partial charge on any atom is 0.250 e. The Morgan fingerprint density at radius 1 is 1.05 bits per heavy atom. The minimum absolute atomic E-state index is 0.0386. The molecule has 0 bridgehead atoms. The van der Waals surface area contributed by atoms with E-state index in [0.29, 0.717) is 10.2 Å². The second kappa shape index (κ2) is 5.45. The van der Waals surface area contributed by atoms with Crippen molar-refractivity contribution in [3.63, 3.8) is 0 Å². The first-order valence-corrected chi connectivity index (χ1v) is 10.6. The molecule has 4 heteroatoms. The van der Waals surface area contributed by atoms with E-state index >= 15 is 0 Å². The van der Waals surface area contributed by atoms with E-state index in [0.717, 1.165) is 5.56 Å². The Kier molecular flexibility index (Phi) is 4.82. The Bertz CT molecular complexity index is 498. The first kappa shape index (κ1) is 17.7. The van der Waals surface area contributed by atoms with Gasteiger partial charge in [0.2, 0.25) is 0 Å². The van der Waals surface area contributed by atoms with Crippen LogP contribution >= 0.6 is 15.9 Å². The number of hydrogen-bond donors (Lipinski definition) is 0. The Morgan fingerprint density at radius 3 is 1.95 bits per heavy atom. The molecule has 0 aromatic heterocycles. The van der Waals surface area contributed by atoms with Crippen molar-refractivity contribution in [2.45, 2.75) is 65.1 Å². The molecule has 0 heterocycles. The van der Waals surface area contributed by atoms with E-state index < -0.39 is 8.32 Å². The van der Waals surface area contributed by atoms with Crippen molar-refractivity contribution in [3.05, 3.63) is 28.0 Å². The zero-order valence-corrected chi connectivity index (χ0v) is 16.4. The van der Waals surface area contributed by atoms with E-state index in [1.54, 1.807) is 6.07 Å². The molecule has 20 heavy (non-hydrogen) atoms. The molecule has 1 rings (SSSR count). The Labute approximate surface area is 132 Å². The molecule has 0 radical (unpaired) electrons. The summed E-state index contributed by atoms with van der Waals surface area (Å²) in [7, 11) is -2.07. The van der Waals surface area contributed by atoms with Crippen molar-refractivity contribution >= 4 is 24.2 Å². The Balaban J connectivity index is 3.41. The van der Waals surface area contributed by atoms with E-state index in [4.69, 9.17) is 4.43 Å². The molecule has 0 unspecified atom stereocenters. The van der Waals surface area contributed by atoms with Gasteiger partial charge in [-0.25, -0.2) is 4.39 Å². The molecular formula is C16H26BrFOSi. The summed E-state index contributed by atoms with van der Waals surface area (Å²) >= 11 is 3.27. The maximum atomic E-state index is 14.6. The van der Waals surface area contributed by atoms with Gasteiger partial charge < -0.3 is 4.43 Å². The first-order chi connectivity index (χ1) is 8.77. The third kappa shape index (κ3) is 3.64. The van der Waals surface area contributed by atoms with Gasteiger partial charge in [-0.3, -0.25) is 0 Å². The van der Waals surface area contributed by atoms with Gasteiger partial charge in [0.25, 0.3) is 8.32 Å². The van der Waals surface area contributed by atoms with E-state index in [1.807, 2.05) is 6.07 Å². The minimum atomic E-state index is -2.07. The fourth-order valence-corrected chi connectivity index (χ4v) is 2.96. The van der Waals surface area contributed by atoms with E-state index in [-0.39, 0.29) is 16.3 Å². The van der Waals surface area contributed by atoms with Crippen LogP contribution in [-0.2, 0) is 5.41 Å². The predicted molar refractivity (Wildman–Crippen MR) is 90.6 cm³/mol. The van der Waals surface area contributed by atoms with Crippen LogP contribution in [0.5, 0.6) is 5.75 Å². The standard InChI is InChI=1S/C16H26BrFOSi/c1-15(2,3)11-9-10-12(17)13(18)14(11)19-20(7,8)16(4,5)6/h9-10H,1-8H3. The summed E-state index contributed by atoms with van der Waals surface area (Å²) in [5.74, 6) is 0.126. The van der Waals surface area contributed by atoms with Crippen LogP contribution in [0.4, 0.5) is 4.39 Å². The molecule has 0 aliphatic rings. The number of rotatable bonds is 2. The molecule has 0 saturated heterocycles. The van der Waals surface area contributed by atoms with Gasteiger partial charge in [-0.15, -0.1) is 0 Å². The number of halogens is 2. The van der Waals surface area contributed by atoms with Crippen molar-refractivity contribution in [1.29, 1.82) is 0 Å². The fraction of sp³-hybridized carbons (Fsp3) is 0.625. The molecule has 0 aliphatic carbocycles. The molecule has 0 atom stereocenters. The van der Waals surface area contributed by atoms with Crippen LogP contribution in [0.25, 0.3) is 0 Å². The minimum Gasteiger partial charge on any atom is -0.541 e. The molecule has 1 aromatic carbocycles. The van der Waals surface area contributed by atoms with Gasteiger partial charge in [-0.2, -0.15) is 0 Å². The van der Waals surface area contributed by atoms with Gasteiger partial charge in [0.05, 0.1) is 4.47 Å². The molecule has 0 aliphatic heterocycles. The quantitative estimate of drug-likeness (QED) is 0.564. The van der Waals surface area contributed by atoms with Crippen molar-refractivity contribution in [3.8, 4) is 5.75 Å². The molecule has 0 fully saturated rings. The smallest absolute Gasteiger partial charge is 0.250 e. The number of hydrogen-bond acceptors (Lipinski definition) is 1. The van der Waals surface area contributed by atoms with Crippen LogP contribution in [0.2, 0.25) is 18.1 Å². The SMILES string of the molecule is CC(C)(C)c1ccc(Br)c(F)c1O[Si](C)(C)C(C)(C)C. The lowest BCUT2D eigenvalue weighted by Gasteiger charge is -2.38. The molecule has 0 spiro atoms. The van der Waals surface area contributed by atoms with Gasteiger partial charge in [-0.05, 0) is 45.5 Å². The van der Waals surface area contributed by atoms with E-state index in [9.17, 15) is 4.39 Å². The number of benzene rings is 1. The summed E-state index contributed by atoms with van der Waals surface area (Å²) in [5.41, 5.74) is 0.766. The summed E-state index contributed by atoms with van der Waals surface area (Å²) in [5, 5.41) is 0.0386. The summed E-state index contributed by atoms with van der Waals surface area (Å²) in [6.45, 7) is 17.0. The normalized spacial score (nSPS) is 13.5. The van der Waals surface area contributed by atoms with Crippen LogP contribution in [0.15, 0.2) is 16.6 Å². The highest BCUT2D eigenvalue weighted by Crippen LogP contribution is 2.42. The topological polar surface area (TPSA) is 9.23 Å². The van der Waals surface area contributed by atoms with E-state index in [1.165, 1.54) is 0 Å². The first-order valence-electron chi connectivity index (χ1n) is 6.95. The lowest BCUT2D eigenvalue weighted by Crippen LogP contribution is -2.44. The van der Waals surface area contributed by atoms with Crippen LogP contribution in [-0.4, -0.2) is 8.32 Å². The van der Waals surface area contributed by atoms with Gasteiger partial charge in [0.15, 0.2) is 5.82 Å². The second-order valence-corrected chi connectivity index (χ2v) is 13.4. The summed E-state index contributed by atoms with van der Waals surface area (Å²) in [6, 6.07) is 3.71. The Morgan fingerprint density at radius 2 is 1.55 bits per heavy atom. The summed E-state index contributed by atoms with van der Waals surface area (Å²) in [6.07, 6.45) is 0. The third-order valence-electron chi connectivity index (χ3n) is 4.02. The van der Waals surface area contributed by atoms with Crippen molar-refractivity contribution < 1.29 is 8.82 Å². The van der Waals surface area contributed by atoms with Gasteiger partial charge in [0, 0.05) is 5.56 Å². The highest BCUT2D eigenvalue weighted by Gasteiger charge is 2.40.